The largest absolute Gasteiger partial charge is 0.465 e. The highest BCUT2D eigenvalue weighted by molar-refractivity contribution is 6.04. The molecule has 1 aliphatic heterocycles. The molecule has 0 aromatic heterocycles. The second kappa shape index (κ2) is 5.47. The number of ether oxygens (including phenoxy) is 3. The fraction of sp³-hybridized carbons (Fsp3) is 0.545. The average Bonchev–Trinajstić information content (AvgIpc) is 2.31. The van der Waals surface area contributed by atoms with Crippen LogP contribution >= 0.6 is 0 Å². The summed E-state index contributed by atoms with van der Waals surface area (Å²) in [7, 11) is 0. The molecule has 0 spiro atoms. The van der Waals surface area contributed by atoms with Crippen LogP contribution in [0.2, 0.25) is 0 Å². The van der Waals surface area contributed by atoms with Crippen LogP contribution in [0, 0.1) is 5.41 Å². The maximum Gasteiger partial charge on any atom is 0.331 e. The lowest BCUT2D eigenvalue weighted by Crippen LogP contribution is -2.46. The predicted octanol–water partition coefficient (Wildman–Crippen LogP) is 0.212. The molecule has 0 N–H and O–H groups in total. The molecule has 0 fully saturated rings. The van der Waals surface area contributed by atoms with E-state index in [1.807, 2.05) is 0 Å². The summed E-state index contributed by atoms with van der Waals surface area (Å²) >= 11 is 0. The molecule has 1 aliphatic rings. The maximum absolute atomic E-state index is 11.8. The molecule has 1 rings (SSSR count). The van der Waals surface area contributed by atoms with E-state index in [0.717, 1.165) is 6.08 Å². The summed E-state index contributed by atoms with van der Waals surface area (Å²) in [4.78, 5) is 34.5. The summed E-state index contributed by atoms with van der Waals surface area (Å²) < 4.78 is 14.3. The molecule has 0 aliphatic carbocycles. The maximum atomic E-state index is 11.8. The first kappa shape index (κ1) is 13.2. The summed E-state index contributed by atoms with van der Waals surface area (Å²) in [6.45, 7) is 3.11. The zero-order valence-corrected chi connectivity index (χ0v) is 9.73. The summed E-state index contributed by atoms with van der Waals surface area (Å²) in [5.74, 6) is -2.15. The monoisotopic (exact) mass is 242 g/mol. The van der Waals surface area contributed by atoms with E-state index in [4.69, 9.17) is 14.2 Å². The number of carbonyl (C=O) groups is 3. The smallest absolute Gasteiger partial charge is 0.331 e. The van der Waals surface area contributed by atoms with Gasteiger partial charge in [0.15, 0.2) is 0 Å². The minimum atomic E-state index is -1.67. The van der Waals surface area contributed by atoms with Crippen LogP contribution in [0.25, 0.3) is 0 Å². The zero-order valence-electron chi connectivity index (χ0n) is 9.73. The van der Waals surface area contributed by atoms with E-state index in [2.05, 4.69) is 0 Å². The normalized spacial score (nSPS) is 17.2. The van der Waals surface area contributed by atoms with Gasteiger partial charge >= 0.3 is 17.9 Å². The van der Waals surface area contributed by atoms with Gasteiger partial charge in [-0.3, -0.25) is 9.59 Å². The van der Waals surface area contributed by atoms with E-state index in [-0.39, 0.29) is 19.8 Å². The third-order valence-electron chi connectivity index (χ3n) is 2.23. The van der Waals surface area contributed by atoms with E-state index in [1.54, 1.807) is 13.8 Å². The minimum absolute atomic E-state index is 0.127. The Hall–Kier alpha value is -1.85. The molecule has 6 nitrogen and oxygen atoms in total. The van der Waals surface area contributed by atoms with Crippen molar-refractivity contribution in [3.8, 4) is 0 Å². The Bertz CT molecular complexity index is 339. The first-order chi connectivity index (χ1) is 8.06. The quantitative estimate of drug-likeness (QED) is 0.398. The molecule has 94 valence electrons. The number of hydrogen-bond acceptors (Lipinski definition) is 6. The molecule has 1 heterocycles. The van der Waals surface area contributed by atoms with Gasteiger partial charge in [0.05, 0.1) is 13.2 Å². The second-order valence-electron chi connectivity index (χ2n) is 3.35. The van der Waals surface area contributed by atoms with Crippen LogP contribution in [-0.2, 0) is 28.6 Å². The molecular formula is C11H14O6. The van der Waals surface area contributed by atoms with Crippen LogP contribution in [0.3, 0.4) is 0 Å². The van der Waals surface area contributed by atoms with E-state index < -0.39 is 23.3 Å². The Kier molecular flexibility index (Phi) is 4.25. The highest BCUT2D eigenvalue weighted by atomic mass is 16.6. The topological polar surface area (TPSA) is 78.9 Å². The lowest BCUT2D eigenvalue weighted by Gasteiger charge is -2.27. The van der Waals surface area contributed by atoms with Gasteiger partial charge in [-0.2, -0.15) is 0 Å². The molecule has 0 saturated heterocycles. The Labute approximate surface area is 98.5 Å². The lowest BCUT2D eigenvalue weighted by atomic mass is 9.87. The lowest BCUT2D eigenvalue weighted by molar-refractivity contribution is -0.174. The number of cyclic esters (lactones) is 1. The molecule has 0 radical (unpaired) electrons. The summed E-state index contributed by atoms with van der Waals surface area (Å²) in [5.41, 5.74) is -1.67. The minimum Gasteiger partial charge on any atom is -0.465 e. The number of carbonyl (C=O) groups excluding carboxylic acids is 3. The van der Waals surface area contributed by atoms with Gasteiger partial charge in [-0.05, 0) is 19.9 Å². The van der Waals surface area contributed by atoms with Crippen LogP contribution in [0.5, 0.6) is 0 Å². The highest BCUT2D eigenvalue weighted by Crippen LogP contribution is 2.27. The second-order valence-corrected chi connectivity index (χ2v) is 3.35. The van der Waals surface area contributed by atoms with Crippen molar-refractivity contribution in [2.45, 2.75) is 13.8 Å². The fourth-order valence-corrected chi connectivity index (χ4v) is 1.35. The van der Waals surface area contributed by atoms with E-state index in [9.17, 15) is 14.4 Å². The molecular weight excluding hydrogens is 228 g/mol. The first-order valence-corrected chi connectivity index (χ1v) is 5.27. The van der Waals surface area contributed by atoms with Crippen molar-refractivity contribution >= 4 is 17.9 Å². The molecule has 6 heteroatoms. The van der Waals surface area contributed by atoms with Crippen molar-refractivity contribution in [1.29, 1.82) is 0 Å². The van der Waals surface area contributed by atoms with Crippen LogP contribution in [0.1, 0.15) is 13.8 Å². The van der Waals surface area contributed by atoms with E-state index in [1.165, 1.54) is 6.08 Å². The van der Waals surface area contributed by atoms with Gasteiger partial charge in [0.1, 0.15) is 6.61 Å². The Morgan fingerprint density at radius 3 is 2.18 bits per heavy atom. The van der Waals surface area contributed by atoms with E-state index in [0.29, 0.717) is 0 Å². The molecule has 0 amide bonds. The van der Waals surface area contributed by atoms with Gasteiger partial charge < -0.3 is 14.2 Å². The SMILES string of the molecule is CCOC(=O)C1(C(=O)OCC)C=CC(=O)OC1. The summed E-state index contributed by atoms with van der Waals surface area (Å²) in [5, 5.41) is 0. The van der Waals surface area contributed by atoms with Crippen LogP contribution < -0.4 is 0 Å². The van der Waals surface area contributed by atoms with Crippen LogP contribution in [-0.4, -0.2) is 37.7 Å². The van der Waals surface area contributed by atoms with E-state index >= 15 is 0 Å². The van der Waals surface area contributed by atoms with Gasteiger partial charge in [0.25, 0.3) is 0 Å². The first-order valence-electron chi connectivity index (χ1n) is 5.27. The van der Waals surface area contributed by atoms with Crippen LogP contribution in [0.4, 0.5) is 0 Å². The van der Waals surface area contributed by atoms with Crippen molar-refractivity contribution in [2.75, 3.05) is 19.8 Å². The Balaban J connectivity index is 3.00. The van der Waals surface area contributed by atoms with Gasteiger partial charge in [-0.15, -0.1) is 0 Å². The van der Waals surface area contributed by atoms with Crippen molar-refractivity contribution in [2.24, 2.45) is 5.41 Å². The Morgan fingerprint density at radius 2 is 1.82 bits per heavy atom. The standard InChI is InChI=1S/C11H14O6/c1-3-15-9(13)11(10(14)16-4-2)6-5-8(12)17-7-11/h5-6H,3-4,7H2,1-2H3. The fourth-order valence-electron chi connectivity index (χ4n) is 1.35. The number of esters is 3. The molecule has 0 unspecified atom stereocenters. The van der Waals surface area contributed by atoms with Crippen molar-refractivity contribution < 1.29 is 28.6 Å². The van der Waals surface area contributed by atoms with Crippen molar-refractivity contribution in [3.05, 3.63) is 12.2 Å². The van der Waals surface area contributed by atoms with Gasteiger partial charge in [-0.1, -0.05) is 0 Å². The molecule has 0 aromatic rings. The van der Waals surface area contributed by atoms with Gasteiger partial charge in [0.2, 0.25) is 5.41 Å². The van der Waals surface area contributed by atoms with Gasteiger partial charge in [0, 0.05) is 6.08 Å². The zero-order chi connectivity index (χ0) is 12.9. The third kappa shape index (κ3) is 2.64. The van der Waals surface area contributed by atoms with Crippen molar-refractivity contribution in [3.63, 3.8) is 0 Å². The van der Waals surface area contributed by atoms with Crippen molar-refractivity contribution in [1.82, 2.24) is 0 Å². The molecule has 0 aromatic carbocycles. The number of rotatable bonds is 4. The third-order valence-corrected chi connectivity index (χ3v) is 2.23. The Morgan fingerprint density at radius 1 is 1.29 bits per heavy atom. The molecule has 0 saturated carbocycles. The average molecular weight is 242 g/mol. The summed E-state index contributed by atoms with van der Waals surface area (Å²) in [6.07, 6.45) is 2.20. The summed E-state index contributed by atoms with van der Waals surface area (Å²) in [6, 6.07) is 0. The number of hydrogen-bond donors (Lipinski definition) is 0. The molecule has 17 heavy (non-hydrogen) atoms. The highest BCUT2D eigenvalue weighted by Gasteiger charge is 2.50. The van der Waals surface area contributed by atoms with Crippen LogP contribution in [0.15, 0.2) is 12.2 Å². The molecule has 0 bridgehead atoms. The molecule has 0 atom stereocenters. The predicted molar refractivity (Wildman–Crippen MR) is 55.8 cm³/mol. The van der Waals surface area contributed by atoms with Gasteiger partial charge in [-0.25, -0.2) is 4.79 Å².